The quantitative estimate of drug-likeness (QED) is 0.879. The van der Waals surface area contributed by atoms with Gasteiger partial charge in [0.2, 0.25) is 0 Å². The van der Waals surface area contributed by atoms with Crippen molar-refractivity contribution in [1.29, 1.82) is 0 Å². The van der Waals surface area contributed by atoms with Crippen LogP contribution >= 0.6 is 23.2 Å². The second-order valence-electron chi connectivity index (χ2n) is 5.58. The summed E-state index contributed by atoms with van der Waals surface area (Å²) in [5.74, 6) is 0.288. The van der Waals surface area contributed by atoms with Crippen LogP contribution in [0.3, 0.4) is 0 Å². The molecule has 0 aliphatic carbocycles. The van der Waals surface area contributed by atoms with Crippen molar-refractivity contribution in [3.05, 3.63) is 33.8 Å². The maximum Gasteiger partial charge on any atom is 0.143 e. The van der Waals surface area contributed by atoms with E-state index in [2.05, 4.69) is 12.2 Å². The van der Waals surface area contributed by atoms with Crippen LogP contribution in [0.4, 0.5) is 0 Å². The first kappa shape index (κ1) is 15.8. The lowest BCUT2D eigenvalue weighted by Gasteiger charge is -2.36. The summed E-state index contributed by atoms with van der Waals surface area (Å²) in [5, 5.41) is 4.51. The fourth-order valence-corrected chi connectivity index (χ4v) is 3.63. The highest BCUT2D eigenvalue weighted by Gasteiger charge is 2.38. The maximum atomic E-state index is 12.8. The summed E-state index contributed by atoms with van der Waals surface area (Å²) >= 11 is 12.4. The highest BCUT2D eigenvalue weighted by molar-refractivity contribution is 6.36. The average molecular weight is 314 g/mol. The van der Waals surface area contributed by atoms with Crippen molar-refractivity contribution in [2.45, 2.75) is 39.0 Å². The Labute approximate surface area is 130 Å². The second-order valence-corrected chi connectivity index (χ2v) is 6.39. The standard InChI is InChI=1S/C16H21Cl2NO/c1-2-6-16(7-9-19-10-8-16)15(20)11-12-13(17)4-3-5-14(12)18/h3-5,19H,2,6-11H2,1H3. The van der Waals surface area contributed by atoms with E-state index in [9.17, 15) is 4.79 Å². The first-order chi connectivity index (χ1) is 9.59. The molecule has 1 saturated heterocycles. The van der Waals surface area contributed by atoms with E-state index in [-0.39, 0.29) is 11.2 Å². The molecule has 2 rings (SSSR count). The Kier molecular flexibility index (Phi) is 5.48. The predicted molar refractivity (Wildman–Crippen MR) is 84.6 cm³/mol. The first-order valence-corrected chi connectivity index (χ1v) is 8.01. The van der Waals surface area contributed by atoms with Gasteiger partial charge in [0.25, 0.3) is 0 Å². The van der Waals surface area contributed by atoms with E-state index in [1.807, 2.05) is 6.07 Å². The van der Waals surface area contributed by atoms with Gasteiger partial charge in [0.05, 0.1) is 0 Å². The van der Waals surface area contributed by atoms with Gasteiger partial charge in [0.1, 0.15) is 5.78 Å². The van der Waals surface area contributed by atoms with Gasteiger partial charge in [-0.2, -0.15) is 0 Å². The topological polar surface area (TPSA) is 29.1 Å². The fraction of sp³-hybridized carbons (Fsp3) is 0.562. The number of Topliss-reactive ketones (excluding diaryl/α,β-unsaturated/α-hetero) is 1. The van der Waals surface area contributed by atoms with Gasteiger partial charge in [0.15, 0.2) is 0 Å². The number of hydrogen-bond acceptors (Lipinski definition) is 2. The van der Waals surface area contributed by atoms with Crippen molar-refractivity contribution in [1.82, 2.24) is 5.32 Å². The average Bonchev–Trinajstić information content (AvgIpc) is 2.44. The van der Waals surface area contributed by atoms with Crippen molar-refractivity contribution in [3.8, 4) is 0 Å². The van der Waals surface area contributed by atoms with Crippen LogP contribution < -0.4 is 5.32 Å². The number of nitrogens with one attached hydrogen (secondary N) is 1. The first-order valence-electron chi connectivity index (χ1n) is 7.26. The molecule has 20 heavy (non-hydrogen) atoms. The summed E-state index contributed by atoms with van der Waals surface area (Å²) in [6, 6.07) is 5.40. The van der Waals surface area contributed by atoms with E-state index in [4.69, 9.17) is 23.2 Å². The molecule has 1 aliphatic heterocycles. The molecule has 4 heteroatoms. The molecule has 1 aromatic carbocycles. The van der Waals surface area contributed by atoms with Crippen LogP contribution in [0.5, 0.6) is 0 Å². The summed E-state index contributed by atoms with van der Waals surface area (Å²) in [6.45, 7) is 3.98. The molecule has 0 atom stereocenters. The van der Waals surface area contributed by atoms with E-state index in [1.54, 1.807) is 12.1 Å². The summed E-state index contributed by atoms with van der Waals surface area (Å²) in [4.78, 5) is 12.8. The Hall–Kier alpha value is -0.570. The van der Waals surface area contributed by atoms with Gasteiger partial charge in [-0.3, -0.25) is 4.79 Å². The molecule has 0 bridgehead atoms. The predicted octanol–water partition coefficient (Wildman–Crippen LogP) is 4.27. The third kappa shape index (κ3) is 3.36. The van der Waals surface area contributed by atoms with E-state index in [1.165, 1.54) is 0 Å². The Morgan fingerprint density at radius 1 is 1.25 bits per heavy atom. The molecule has 1 heterocycles. The molecule has 0 saturated carbocycles. The van der Waals surface area contributed by atoms with Gasteiger partial charge in [-0.1, -0.05) is 42.6 Å². The van der Waals surface area contributed by atoms with E-state index >= 15 is 0 Å². The molecular weight excluding hydrogens is 293 g/mol. The summed E-state index contributed by atoms with van der Waals surface area (Å²) in [7, 11) is 0. The number of piperidine rings is 1. The van der Waals surface area contributed by atoms with Crippen LogP contribution in [-0.2, 0) is 11.2 Å². The number of halogens is 2. The number of ketones is 1. The van der Waals surface area contributed by atoms with Crippen molar-refractivity contribution in [2.24, 2.45) is 5.41 Å². The Bertz CT molecular complexity index is 456. The van der Waals surface area contributed by atoms with Gasteiger partial charge in [-0.25, -0.2) is 0 Å². The lowest BCUT2D eigenvalue weighted by molar-refractivity contribution is -0.130. The molecule has 110 valence electrons. The summed E-state index contributed by atoms with van der Waals surface area (Å²) in [5.41, 5.74) is 0.581. The fourth-order valence-electron chi connectivity index (χ4n) is 3.10. The van der Waals surface area contributed by atoms with Crippen molar-refractivity contribution in [3.63, 3.8) is 0 Å². The number of hydrogen-bond donors (Lipinski definition) is 1. The molecule has 1 aromatic rings. The highest BCUT2D eigenvalue weighted by atomic mass is 35.5. The van der Waals surface area contributed by atoms with Crippen LogP contribution in [0, 0.1) is 5.41 Å². The number of benzene rings is 1. The maximum absolute atomic E-state index is 12.8. The molecule has 0 aromatic heterocycles. The molecule has 1 N–H and O–H groups in total. The zero-order valence-electron chi connectivity index (χ0n) is 11.8. The number of carbonyl (C=O) groups is 1. The third-order valence-corrected chi connectivity index (χ3v) is 4.99. The molecular formula is C16H21Cl2NO. The van der Waals surface area contributed by atoms with Crippen molar-refractivity contribution >= 4 is 29.0 Å². The smallest absolute Gasteiger partial charge is 0.143 e. The number of carbonyl (C=O) groups excluding carboxylic acids is 1. The van der Waals surface area contributed by atoms with Crippen LogP contribution in [0.2, 0.25) is 10.0 Å². The zero-order chi connectivity index (χ0) is 14.6. The van der Waals surface area contributed by atoms with Crippen molar-refractivity contribution in [2.75, 3.05) is 13.1 Å². The Morgan fingerprint density at radius 2 is 1.85 bits per heavy atom. The van der Waals surface area contributed by atoms with Crippen molar-refractivity contribution < 1.29 is 4.79 Å². The van der Waals surface area contributed by atoms with Gasteiger partial charge >= 0.3 is 0 Å². The normalized spacial score (nSPS) is 17.9. The Morgan fingerprint density at radius 3 is 2.40 bits per heavy atom. The largest absolute Gasteiger partial charge is 0.317 e. The minimum Gasteiger partial charge on any atom is -0.317 e. The minimum absolute atomic E-state index is 0.192. The highest BCUT2D eigenvalue weighted by Crippen LogP contribution is 2.37. The SMILES string of the molecule is CCCC1(C(=O)Cc2c(Cl)cccc2Cl)CCNCC1. The van der Waals surface area contributed by atoms with Gasteiger partial charge in [-0.15, -0.1) is 0 Å². The lowest BCUT2D eigenvalue weighted by atomic mass is 9.70. The monoisotopic (exact) mass is 313 g/mol. The molecule has 0 amide bonds. The lowest BCUT2D eigenvalue weighted by Crippen LogP contribution is -2.42. The van der Waals surface area contributed by atoms with Crippen LogP contribution in [0.25, 0.3) is 0 Å². The Balaban J connectivity index is 2.20. The molecule has 0 unspecified atom stereocenters. The molecule has 1 fully saturated rings. The molecule has 0 radical (unpaired) electrons. The zero-order valence-corrected chi connectivity index (χ0v) is 13.4. The summed E-state index contributed by atoms with van der Waals surface area (Å²) in [6.07, 6.45) is 4.17. The molecule has 2 nitrogen and oxygen atoms in total. The van der Waals surface area contributed by atoms with E-state index < -0.39 is 0 Å². The van der Waals surface area contributed by atoms with E-state index in [0.29, 0.717) is 16.5 Å². The van der Waals surface area contributed by atoms with Crippen LogP contribution in [-0.4, -0.2) is 18.9 Å². The van der Waals surface area contributed by atoms with E-state index in [0.717, 1.165) is 44.3 Å². The van der Waals surface area contributed by atoms with Crippen LogP contribution in [0.1, 0.15) is 38.2 Å². The summed E-state index contributed by atoms with van der Waals surface area (Å²) < 4.78 is 0. The molecule has 0 spiro atoms. The minimum atomic E-state index is -0.192. The third-order valence-electron chi connectivity index (χ3n) is 4.28. The second kappa shape index (κ2) is 6.93. The molecule has 1 aliphatic rings. The van der Waals surface area contributed by atoms with Gasteiger partial charge < -0.3 is 5.32 Å². The van der Waals surface area contributed by atoms with Gasteiger partial charge in [0, 0.05) is 21.9 Å². The van der Waals surface area contributed by atoms with Crippen LogP contribution in [0.15, 0.2) is 18.2 Å². The number of rotatable bonds is 5. The van der Waals surface area contributed by atoms with Gasteiger partial charge in [-0.05, 0) is 50.0 Å².